The molecule has 0 radical (unpaired) electrons. The molecule has 0 unspecified atom stereocenters. The Morgan fingerprint density at radius 1 is 0.867 bits per heavy atom. The van der Waals surface area contributed by atoms with E-state index in [1.54, 1.807) is 0 Å². The molecule has 1 atom stereocenters. The highest BCUT2D eigenvalue weighted by molar-refractivity contribution is 5.79. The van der Waals surface area contributed by atoms with Crippen molar-refractivity contribution in [2.45, 2.75) is 12.3 Å². The molecule has 1 aliphatic rings. The molecule has 1 aliphatic carbocycles. The second kappa shape index (κ2) is 8.82. The molecule has 3 aromatic carbocycles. The van der Waals surface area contributed by atoms with Gasteiger partial charge in [-0.15, -0.1) is 0 Å². The zero-order valence-corrected chi connectivity index (χ0v) is 16.5. The molecule has 0 fully saturated rings. The third kappa shape index (κ3) is 4.20. The number of carboxylic acid groups (broad SMARTS) is 1. The Hall–Kier alpha value is -3.60. The quantitative estimate of drug-likeness (QED) is 0.613. The zero-order valence-electron chi connectivity index (χ0n) is 16.5. The van der Waals surface area contributed by atoms with Gasteiger partial charge in [0.1, 0.15) is 6.61 Å². The minimum Gasteiger partial charge on any atom is -0.481 e. The van der Waals surface area contributed by atoms with Crippen LogP contribution in [0.1, 0.15) is 22.6 Å². The molecule has 0 saturated carbocycles. The SMILES string of the molecule is O=C(NC[C@H](Cc1ccccc1)C(=O)O)OCC1c2ccccc2-c2ccccc21. The van der Waals surface area contributed by atoms with Gasteiger partial charge in [-0.05, 0) is 34.2 Å². The van der Waals surface area contributed by atoms with Crippen LogP contribution in [0.2, 0.25) is 0 Å². The van der Waals surface area contributed by atoms with Gasteiger partial charge >= 0.3 is 12.1 Å². The molecule has 0 saturated heterocycles. The molecule has 152 valence electrons. The number of carbonyl (C=O) groups is 2. The van der Waals surface area contributed by atoms with Crippen LogP contribution < -0.4 is 5.32 Å². The molecule has 0 aromatic heterocycles. The maximum absolute atomic E-state index is 12.3. The number of aliphatic carboxylic acids is 1. The van der Waals surface area contributed by atoms with Gasteiger partial charge in [0.05, 0.1) is 5.92 Å². The van der Waals surface area contributed by atoms with E-state index in [4.69, 9.17) is 4.74 Å². The Bertz CT molecular complexity index is 1000. The Labute approximate surface area is 175 Å². The van der Waals surface area contributed by atoms with Crippen LogP contribution in [0.3, 0.4) is 0 Å². The van der Waals surface area contributed by atoms with Crippen LogP contribution >= 0.6 is 0 Å². The van der Waals surface area contributed by atoms with Gasteiger partial charge in [-0.2, -0.15) is 0 Å². The predicted molar refractivity (Wildman–Crippen MR) is 114 cm³/mol. The Morgan fingerprint density at radius 2 is 1.43 bits per heavy atom. The second-order valence-corrected chi connectivity index (χ2v) is 7.43. The number of alkyl carbamates (subject to hydrolysis) is 1. The van der Waals surface area contributed by atoms with Crippen molar-refractivity contribution in [3.8, 4) is 11.1 Å². The van der Waals surface area contributed by atoms with Gasteiger partial charge in [-0.1, -0.05) is 78.9 Å². The fourth-order valence-electron chi connectivity index (χ4n) is 4.00. The zero-order chi connectivity index (χ0) is 20.9. The van der Waals surface area contributed by atoms with E-state index in [-0.39, 0.29) is 19.1 Å². The van der Waals surface area contributed by atoms with Gasteiger partial charge in [0.15, 0.2) is 0 Å². The third-order valence-electron chi connectivity index (χ3n) is 5.51. The highest BCUT2D eigenvalue weighted by atomic mass is 16.5. The molecular weight excluding hydrogens is 378 g/mol. The first-order valence-corrected chi connectivity index (χ1v) is 9.99. The molecule has 2 N–H and O–H groups in total. The normalized spacial score (nSPS) is 13.2. The van der Waals surface area contributed by atoms with E-state index < -0.39 is 18.0 Å². The molecule has 0 aliphatic heterocycles. The van der Waals surface area contributed by atoms with E-state index in [9.17, 15) is 14.7 Å². The number of carbonyl (C=O) groups excluding carboxylic acids is 1. The van der Waals surface area contributed by atoms with Crippen LogP contribution in [0.15, 0.2) is 78.9 Å². The van der Waals surface area contributed by atoms with Crippen LogP contribution in [0.5, 0.6) is 0 Å². The van der Waals surface area contributed by atoms with Crippen molar-refractivity contribution in [3.05, 3.63) is 95.6 Å². The lowest BCUT2D eigenvalue weighted by molar-refractivity contribution is -0.141. The molecule has 5 heteroatoms. The number of nitrogens with one attached hydrogen (secondary N) is 1. The average molecular weight is 401 g/mol. The number of hydrogen-bond donors (Lipinski definition) is 2. The second-order valence-electron chi connectivity index (χ2n) is 7.43. The molecule has 4 rings (SSSR count). The van der Waals surface area contributed by atoms with Crippen molar-refractivity contribution < 1.29 is 19.4 Å². The van der Waals surface area contributed by atoms with Crippen LogP contribution in [-0.4, -0.2) is 30.3 Å². The molecule has 0 spiro atoms. The number of benzene rings is 3. The average Bonchev–Trinajstić information content (AvgIpc) is 3.09. The van der Waals surface area contributed by atoms with E-state index >= 15 is 0 Å². The summed E-state index contributed by atoms with van der Waals surface area (Å²) in [5, 5.41) is 12.1. The first-order chi connectivity index (χ1) is 14.6. The number of hydrogen-bond acceptors (Lipinski definition) is 3. The van der Waals surface area contributed by atoms with Gasteiger partial charge in [0, 0.05) is 12.5 Å². The Kier molecular flexibility index (Phi) is 5.80. The van der Waals surface area contributed by atoms with Gasteiger partial charge in [-0.3, -0.25) is 4.79 Å². The van der Waals surface area contributed by atoms with Crippen molar-refractivity contribution in [1.29, 1.82) is 0 Å². The van der Waals surface area contributed by atoms with E-state index in [1.807, 2.05) is 54.6 Å². The first kappa shape index (κ1) is 19.7. The highest BCUT2D eigenvalue weighted by Gasteiger charge is 2.29. The number of fused-ring (bicyclic) bond motifs is 3. The Morgan fingerprint density at radius 3 is 2.03 bits per heavy atom. The summed E-state index contributed by atoms with van der Waals surface area (Å²) in [5.74, 6) is -1.69. The molecular formula is C25H23NO4. The van der Waals surface area contributed by atoms with E-state index in [2.05, 4.69) is 29.6 Å². The smallest absolute Gasteiger partial charge is 0.407 e. The minimum absolute atomic E-state index is 0.0148. The van der Waals surface area contributed by atoms with Crippen LogP contribution in [-0.2, 0) is 16.0 Å². The lowest BCUT2D eigenvalue weighted by Gasteiger charge is -2.16. The maximum atomic E-state index is 12.3. The molecule has 1 amide bonds. The van der Waals surface area contributed by atoms with Crippen molar-refractivity contribution in [2.24, 2.45) is 5.92 Å². The molecule has 3 aromatic rings. The fourth-order valence-corrected chi connectivity index (χ4v) is 4.00. The van der Waals surface area contributed by atoms with E-state index in [0.717, 1.165) is 27.8 Å². The van der Waals surface area contributed by atoms with Crippen molar-refractivity contribution in [1.82, 2.24) is 5.32 Å². The number of amides is 1. The summed E-state index contributed by atoms with van der Waals surface area (Å²) in [4.78, 5) is 23.8. The predicted octanol–water partition coefficient (Wildman–Crippen LogP) is 4.47. The molecule has 0 heterocycles. The van der Waals surface area contributed by atoms with Gasteiger partial charge in [0.25, 0.3) is 0 Å². The summed E-state index contributed by atoms with van der Waals surface area (Å²) in [6.45, 7) is 0.219. The monoisotopic (exact) mass is 401 g/mol. The first-order valence-electron chi connectivity index (χ1n) is 9.99. The van der Waals surface area contributed by atoms with Gasteiger partial charge < -0.3 is 15.2 Å². The summed E-state index contributed by atoms with van der Waals surface area (Å²) in [6, 6.07) is 25.6. The molecule has 5 nitrogen and oxygen atoms in total. The number of ether oxygens (including phenoxy) is 1. The van der Waals surface area contributed by atoms with Crippen molar-refractivity contribution >= 4 is 12.1 Å². The van der Waals surface area contributed by atoms with Crippen LogP contribution in [0.4, 0.5) is 4.79 Å². The molecule has 0 bridgehead atoms. The fraction of sp³-hybridized carbons (Fsp3) is 0.200. The highest BCUT2D eigenvalue weighted by Crippen LogP contribution is 2.44. The van der Waals surface area contributed by atoms with Gasteiger partial charge in [0.2, 0.25) is 0 Å². The van der Waals surface area contributed by atoms with Gasteiger partial charge in [-0.25, -0.2) is 4.79 Å². The summed E-state index contributed by atoms with van der Waals surface area (Å²) in [7, 11) is 0. The lowest BCUT2D eigenvalue weighted by Crippen LogP contribution is -2.35. The summed E-state index contributed by atoms with van der Waals surface area (Å²) in [6.07, 6.45) is -0.254. The van der Waals surface area contributed by atoms with Crippen molar-refractivity contribution in [3.63, 3.8) is 0 Å². The molecule has 30 heavy (non-hydrogen) atoms. The van der Waals surface area contributed by atoms with E-state index in [0.29, 0.717) is 6.42 Å². The number of rotatable bonds is 7. The summed E-state index contributed by atoms with van der Waals surface area (Å²) >= 11 is 0. The minimum atomic E-state index is -0.946. The topological polar surface area (TPSA) is 75.6 Å². The Balaban J connectivity index is 1.36. The standard InChI is InChI=1S/C25H23NO4/c27-24(28)18(14-17-8-2-1-3-9-17)15-26-25(29)30-16-23-21-12-6-4-10-19(21)20-11-5-7-13-22(20)23/h1-13,18,23H,14-16H2,(H,26,29)(H,27,28)/t18-/m0/s1. The van der Waals surface area contributed by atoms with Crippen LogP contribution in [0, 0.1) is 5.92 Å². The lowest BCUT2D eigenvalue weighted by atomic mass is 9.98. The maximum Gasteiger partial charge on any atom is 0.407 e. The van der Waals surface area contributed by atoms with E-state index in [1.165, 1.54) is 0 Å². The number of carboxylic acids is 1. The summed E-state index contributed by atoms with van der Waals surface area (Å²) < 4.78 is 5.48. The van der Waals surface area contributed by atoms with Crippen molar-refractivity contribution in [2.75, 3.05) is 13.2 Å². The summed E-state index contributed by atoms with van der Waals surface area (Å²) in [5.41, 5.74) is 5.52. The largest absolute Gasteiger partial charge is 0.481 e. The third-order valence-corrected chi connectivity index (χ3v) is 5.51. The van der Waals surface area contributed by atoms with Crippen LogP contribution in [0.25, 0.3) is 11.1 Å².